The maximum atomic E-state index is 5.74. The second-order valence-corrected chi connectivity index (χ2v) is 6.30. The second-order valence-electron chi connectivity index (χ2n) is 6.30. The fourth-order valence-corrected chi connectivity index (χ4v) is 3.99. The van der Waals surface area contributed by atoms with Crippen LogP contribution in [0.15, 0.2) is 0 Å². The third kappa shape index (κ3) is 3.71. The van der Waals surface area contributed by atoms with E-state index < -0.39 is 0 Å². The Morgan fingerprint density at radius 1 is 1.17 bits per heavy atom. The molecule has 1 saturated carbocycles. The van der Waals surface area contributed by atoms with E-state index in [1.165, 1.54) is 45.1 Å². The van der Waals surface area contributed by atoms with Crippen LogP contribution in [-0.2, 0) is 4.74 Å². The van der Waals surface area contributed by atoms with Crippen molar-refractivity contribution in [3.05, 3.63) is 0 Å². The second kappa shape index (κ2) is 7.49. The molecule has 2 nitrogen and oxygen atoms in total. The highest BCUT2D eigenvalue weighted by atomic mass is 16.5. The lowest BCUT2D eigenvalue weighted by Crippen LogP contribution is -2.39. The fourth-order valence-electron chi connectivity index (χ4n) is 3.99. The molecule has 2 heteroatoms. The standard InChI is InChI=1S/C16H31NO/c1-3-13-7-8-14(11-17-4-2)16(10-13)15-6-5-9-18-12-15/h13-17H,3-12H2,1-2H3. The van der Waals surface area contributed by atoms with E-state index in [4.69, 9.17) is 4.74 Å². The molecule has 1 saturated heterocycles. The molecule has 106 valence electrons. The maximum absolute atomic E-state index is 5.74. The third-order valence-corrected chi connectivity index (χ3v) is 5.19. The Balaban J connectivity index is 1.93. The van der Waals surface area contributed by atoms with Crippen molar-refractivity contribution in [2.45, 2.75) is 52.4 Å². The molecule has 2 aliphatic rings. The van der Waals surface area contributed by atoms with E-state index in [0.717, 1.165) is 43.4 Å². The zero-order valence-corrected chi connectivity index (χ0v) is 12.3. The van der Waals surface area contributed by atoms with Gasteiger partial charge in [0.05, 0.1) is 0 Å². The molecule has 4 unspecified atom stereocenters. The van der Waals surface area contributed by atoms with Crippen LogP contribution in [-0.4, -0.2) is 26.3 Å². The number of nitrogens with one attached hydrogen (secondary N) is 1. The summed E-state index contributed by atoms with van der Waals surface area (Å²) in [6.45, 7) is 8.96. The normalized spacial score (nSPS) is 37.7. The SMILES string of the molecule is CCNCC1CCC(CC)CC1C1CCCOC1. The molecule has 1 heterocycles. The predicted molar refractivity (Wildman–Crippen MR) is 76.7 cm³/mol. The van der Waals surface area contributed by atoms with Crippen LogP contribution in [0.25, 0.3) is 0 Å². The summed E-state index contributed by atoms with van der Waals surface area (Å²) in [6, 6.07) is 0. The molecule has 1 N–H and O–H groups in total. The Bertz CT molecular complexity index is 225. The first-order valence-corrected chi connectivity index (χ1v) is 8.13. The smallest absolute Gasteiger partial charge is 0.0497 e. The van der Waals surface area contributed by atoms with Crippen molar-refractivity contribution in [1.29, 1.82) is 0 Å². The fraction of sp³-hybridized carbons (Fsp3) is 1.00. The molecule has 0 spiro atoms. The van der Waals surface area contributed by atoms with Gasteiger partial charge in [-0.05, 0) is 62.4 Å². The summed E-state index contributed by atoms with van der Waals surface area (Å²) in [5.74, 6) is 3.65. The van der Waals surface area contributed by atoms with Gasteiger partial charge in [-0.15, -0.1) is 0 Å². The third-order valence-electron chi connectivity index (χ3n) is 5.19. The first-order valence-electron chi connectivity index (χ1n) is 8.13. The van der Waals surface area contributed by atoms with E-state index in [9.17, 15) is 0 Å². The van der Waals surface area contributed by atoms with E-state index in [1.54, 1.807) is 0 Å². The van der Waals surface area contributed by atoms with Gasteiger partial charge in [0.1, 0.15) is 0 Å². The maximum Gasteiger partial charge on any atom is 0.0497 e. The molecule has 0 amide bonds. The van der Waals surface area contributed by atoms with Crippen LogP contribution in [0, 0.1) is 23.7 Å². The predicted octanol–water partition coefficient (Wildman–Crippen LogP) is 3.47. The zero-order valence-electron chi connectivity index (χ0n) is 12.3. The van der Waals surface area contributed by atoms with Crippen molar-refractivity contribution in [2.24, 2.45) is 23.7 Å². The Morgan fingerprint density at radius 2 is 2.06 bits per heavy atom. The highest BCUT2D eigenvalue weighted by molar-refractivity contribution is 4.86. The molecule has 2 fully saturated rings. The Labute approximate surface area is 113 Å². The lowest BCUT2D eigenvalue weighted by Gasteiger charge is -2.42. The molecule has 1 aliphatic heterocycles. The summed E-state index contributed by atoms with van der Waals surface area (Å²) >= 11 is 0. The minimum atomic E-state index is 0.844. The number of hydrogen-bond acceptors (Lipinski definition) is 2. The van der Waals surface area contributed by atoms with Crippen LogP contribution in [0.4, 0.5) is 0 Å². The van der Waals surface area contributed by atoms with Crippen molar-refractivity contribution in [1.82, 2.24) is 5.32 Å². The Hall–Kier alpha value is -0.0800. The van der Waals surface area contributed by atoms with Gasteiger partial charge in [-0.3, -0.25) is 0 Å². The quantitative estimate of drug-likeness (QED) is 0.810. The van der Waals surface area contributed by atoms with Crippen molar-refractivity contribution in [3.63, 3.8) is 0 Å². The van der Waals surface area contributed by atoms with Crippen LogP contribution >= 0.6 is 0 Å². The minimum absolute atomic E-state index is 0.844. The molecule has 18 heavy (non-hydrogen) atoms. The van der Waals surface area contributed by atoms with Crippen molar-refractivity contribution < 1.29 is 4.74 Å². The van der Waals surface area contributed by atoms with Gasteiger partial charge in [-0.2, -0.15) is 0 Å². The van der Waals surface area contributed by atoms with Crippen molar-refractivity contribution in [3.8, 4) is 0 Å². The van der Waals surface area contributed by atoms with Gasteiger partial charge in [0.2, 0.25) is 0 Å². The van der Waals surface area contributed by atoms with E-state index in [1.807, 2.05) is 0 Å². The molecule has 0 radical (unpaired) electrons. The first-order chi connectivity index (χ1) is 8.85. The summed E-state index contributed by atoms with van der Waals surface area (Å²) in [4.78, 5) is 0. The first kappa shape index (κ1) is 14.3. The molecular formula is C16H31NO. The minimum Gasteiger partial charge on any atom is -0.381 e. The van der Waals surface area contributed by atoms with Gasteiger partial charge >= 0.3 is 0 Å². The number of rotatable bonds is 5. The topological polar surface area (TPSA) is 21.3 Å². The average Bonchev–Trinajstić information content (AvgIpc) is 2.46. The zero-order chi connectivity index (χ0) is 12.8. The molecule has 0 aromatic carbocycles. The van der Waals surface area contributed by atoms with Gasteiger partial charge in [-0.25, -0.2) is 0 Å². The monoisotopic (exact) mass is 253 g/mol. The highest BCUT2D eigenvalue weighted by Crippen LogP contribution is 2.41. The van der Waals surface area contributed by atoms with Crippen molar-refractivity contribution >= 4 is 0 Å². The largest absolute Gasteiger partial charge is 0.381 e. The molecule has 1 aliphatic carbocycles. The molecule has 4 atom stereocenters. The van der Waals surface area contributed by atoms with Gasteiger partial charge < -0.3 is 10.1 Å². The van der Waals surface area contributed by atoms with E-state index >= 15 is 0 Å². The van der Waals surface area contributed by atoms with Gasteiger partial charge in [-0.1, -0.05) is 26.7 Å². The number of ether oxygens (including phenoxy) is 1. The summed E-state index contributed by atoms with van der Waals surface area (Å²) in [5, 5.41) is 3.58. The van der Waals surface area contributed by atoms with Gasteiger partial charge in [0, 0.05) is 13.2 Å². The summed E-state index contributed by atoms with van der Waals surface area (Å²) in [5.41, 5.74) is 0. The lowest BCUT2D eigenvalue weighted by molar-refractivity contribution is -0.00302. The van der Waals surface area contributed by atoms with E-state index in [2.05, 4.69) is 19.2 Å². The summed E-state index contributed by atoms with van der Waals surface area (Å²) in [6.07, 6.45) is 8.41. The molecule has 0 aromatic rings. The van der Waals surface area contributed by atoms with Crippen LogP contribution in [0.2, 0.25) is 0 Å². The van der Waals surface area contributed by atoms with Crippen molar-refractivity contribution in [2.75, 3.05) is 26.3 Å². The average molecular weight is 253 g/mol. The van der Waals surface area contributed by atoms with Gasteiger partial charge in [0.25, 0.3) is 0 Å². The molecular weight excluding hydrogens is 222 g/mol. The van der Waals surface area contributed by atoms with E-state index in [0.29, 0.717) is 0 Å². The highest BCUT2D eigenvalue weighted by Gasteiger charge is 2.35. The lowest BCUT2D eigenvalue weighted by atomic mass is 9.67. The molecule has 0 bridgehead atoms. The Morgan fingerprint density at radius 3 is 2.72 bits per heavy atom. The van der Waals surface area contributed by atoms with E-state index in [-0.39, 0.29) is 0 Å². The molecule has 2 rings (SSSR count). The molecule has 0 aromatic heterocycles. The van der Waals surface area contributed by atoms with Crippen LogP contribution in [0.1, 0.15) is 52.4 Å². The number of hydrogen-bond donors (Lipinski definition) is 1. The summed E-state index contributed by atoms with van der Waals surface area (Å²) in [7, 11) is 0. The Kier molecular flexibility index (Phi) is 5.97. The summed E-state index contributed by atoms with van der Waals surface area (Å²) < 4.78 is 5.74. The van der Waals surface area contributed by atoms with Crippen LogP contribution < -0.4 is 5.32 Å². The van der Waals surface area contributed by atoms with Crippen LogP contribution in [0.3, 0.4) is 0 Å². The van der Waals surface area contributed by atoms with Gasteiger partial charge in [0.15, 0.2) is 0 Å². The van der Waals surface area contributed by atoms with Crippen LogP contribution in [0.5, 0.6) is 0 Å².